The zero-order valence-corrected chi connectivity index (χ0v) is 13.7. The molecule has 0 spiro atoms. The highest BCUT2D eigenvalue weighted by Gasteiger charge is 2.03. The summed E-state index contributed by atoms with van der Waals surface area (Å²) in [6.07, 6.45) is 4.41. The summed E-state index contributed by atoms with van der Waals surface area (Å²) in [5, 5.41) is 26.1. The summed E-state index contributed by atoms with van der Waals surface area (Å²) in [7, 11) is 0. The molecule has 0 bridgehead atoms. The van der Waals surface area contributed by atoms with E-state index in [0.29, 0.717) is 17.6 Å². The predicted molar refractivity (Wildman–Crippen MR) is 84.4 cm³/mol. The van der Waals surface area contributed by atoms with E-state index in [1.807, 2.05) is 0 Å². The largest absolute Gasteiger partial charge is 0.478 e. The van der Waals surface area contributed by atoms with Crippen LogP contribution >= 0.6 is 0 Å². The number of carboxylic acids is 1. The lowest BCUT2D eigenvalue weighted by Crippen LogP contribution is -2.08. The zero-order chi connectivity index (χ0) is 17.5. The number of carboxylic acid groups (broad SMARTS) is 1. The second-order valence-corrected chi connectivity index (χ2v) is 4.86. The Morgan fingerprint density at radius 1 is 1.32 bits per heavy atom. The summed E-state index contributed by atoms with van der Waals surface area (Å²) < 4.78 is 4.46. The summed E-state index contributed by atoms with van der Waals surface area (Å²) in [5.74, 6) is -1.37. The molecule has 22 heavy (non-hydrogen) atoms. The van der Waals surface area contributed by atoms with Crippen LogP contribution in [0.15, 0.2) is 23.8 Å². The van der Waals surface area contributed by atoms with E-state index < -0.39 is 18.0 Å². The number of esters is 1. The van der Waals surface area contributed by atoms with Crippen molar-refractivity contribution in [2.75, 3.05) is 13.2 Å². The molecule has 0 aliphatic carbocycles. The molecule has 6 heteroatoms. The fourth-order valence-electron chi connectivity index (χ4n) is 1.22. The Kier molecular flexibility index (Phi) is 14.7. The Labute approximate surface area is 132 Å². The van der Waals surface area contributed by atoms with Gasteiger partial charge < -0.3 is 20.1 Å². The maximum Gasteiger partial charge on any atom is 0.333 e. The van der Waals surface area contributed by atoms with Gasteiger partial charge in [-0.25, -0.2) is 9.59 Å². The van der Waals surface area contributed by atoms with Crippen molar-refractivity contribution in [3.8, 4) is 0 Å². The first kappa shape index (κ1) is 22.6. The minimum atomic E-state index is -0.914. The van der Waals surface area contributed by atoms with Gasteiger partial charge in [0.25, 0.3) is 0 Å². The van der Waals surface area contributed by atoms with Crippen molar-refractivity contribution in [2.45, 2.75) is 52.6 Å². The summed E-state index contributed by atoms with van der Waals surface area (Å²) in [5.41, 5.74) is 0.652. The lowest BCUT2D eigenvalue weighted by atomic mass is 10.1. The molecule has 0 aromatic heterocycles. The maximum atomic E-state index is 10.5. The lowest BCUT2D eigenvalue weighted by molar-refractivity contribution is -0.140. The molecule has 0 radical (unpaired) electrons. The van der Waals surface area contributed by atoms with Crippen molar-refractivity contribution >= 4 is 11.9 Å². The SMILES string of the molecule is C=C(C)C(=O)OCCO.CCCCC(O)CC=C(C)C(=O)O. The normalized spacial score (nSPS) is 12.0. The number of ether oxygens (including phenoxy) is 1. The molecule has 0 saturated carbocycles. The molecule has 1 atom stereocenters. The third-order valence-corrected chi connectivity index (χ3v) is 2.60. The van der Waals surface area contributed by atoms with Gasteiger partial charge in [-0.3, -0.25) is 0 Å². The van der Waals surface area contributed by atoms with Gasteiger partial charge in [0.2, 0.25) is 0 Å². The van der Waals surface area contributed by atoms with Crippen LogP contribution in [0.5, 0.6) is 0 Å². The van der Waals surface area contributed by atoms with Crippen molar-refractivity contribution in [3.63, 3.8) is 0 Å². The van der Waals surface area contributed by atoms with Gasteiger partial charge in [0.05, 0.1) is 12.7 Å². The molecule has 0 amide bonds. The molecule has 1 unspecified atom stereocenters. The average molecular weight is 316 g/mol. The minimum Gasteiger partial charge on any atom is -0.478 e. The molecular weight excluding hydrogens is 288 g/mol. The number of unbranched alkanes of at least 4 members (excludes halogenated alkanes) is 1. The molecule has 0 rings (SSSR count). The fraction of sp³-hybridized carbons (Fsp3) is 0.625. The Balaban J connectivity index is 0. The maximum absolute atomic E-state index is 10.5. The van der Waals surface area contributed by atoms with Crippen LogP contribution < -0.4 is 0 Å². The molecule has 0 saturated heterocycles. The summed E-state index contributed by atoms with van der Waals surface area (Å²) in [6.45, 7) is 8.41. The summed E-state index contributed by atoms with van der Waals surface area (Å²) >= 11 is 0. The third kappa shape index (κ3) is 14.7. The zero-order valence-electron chi connectivity index (χ0n) is 13.7. The predicted octanol–water partition coefficient (Wildman–Crippen LogP) is 2.06. The first-order valence-corrected chi connectivity index (χ1v) is 7.27. The Morgan fingerprint density at radius 3 is 2.32 bits per heavy atom. The van der Waals surface area contributed by atoms with Crippen LogP contribution in [0.3, 0.4) is 0 Å². The van der Waals surface area contributed by atoms with Crippen molar-refractivity contribution in [2.24, 2.45) is 0 Å². The molecule has 0 aromatic rings. The number of carbonyl (C=O) groups is 2. The molecule has 0 aromatic carbocycles. The second-order valence-electron chi connectivity index (χ2n) is 4.86. The van der Waals surface area contributed by atoms with Crippen LogP contribution in [0.4, 0.5) is 0 Å². The van der Waals surface area contributed by atoms with Gasteiger partial charge in [0, 0.05) is 11.1 Å². The third-order valence-electron chi connectivity index (χ3n) is 2.60. The van der Waals surface area contributed by atoms with Gasteiger partial charge in [0.1, 0.15) is 6.61 Å². The highest BCUT2D eigenvalue weighted by atomic mass is 16.5. The van der Waals surface area contributed by atoms with E-state index in [9.17, 15) is 14.7 Å². The topological polar surface area (TPSA) is 104 Å². The molecule has 0 fully saturated rings. The van der Waals surface area contributed by atoms with Crippen LogP contribution in [0.2, 0.25) is 0 Å². The van der Waals surface area contributed by atoms with Crippen molar-refractivity contribution in [3.05, 3.63) is 23.8 Å². The number of aliphatic carboxylic acids is 1. The summed E-state index contributed by atoms with van der Waals surface area (Å²) in [4.78, 5) is 20.8. The van der Waals surface area contributed by atoms with Crippen molar-refractivity contribution in [1.29, 1.82) is 0 Å². The van der Waals surface area contributed by atoms with Crippen LogP contribution in [0.25, 0.3) is 0 Å². The fourth-order valence-corrected chi connectivity index (χ4v) is 1.22. The monoisotopic (exact) mass is 316 g/mol. The van der Waals surface area contributed by atoms with Gasteiger partial charge in [-0.15, -0.1) is 0 Å². The number of hydrogen-bond donors (Lipinski definition) is 3. The molecular formula is C16H28O6. The van der Waals surface area contributed by atoms with E-state index in [2.05, 4.69) is 18.2 Å². The lowest BCUT2D eigenvalue weighted by Gasteiger charge is -2.06. The molecule has 0 aliphatic heterocycles. The van der Waals surface area contributed by atoms with E-state index in [-0.39, 0.29) is 13.2 Å². The van der Waals surface area contributed by atoms with E-state index >= 15 is 0 Å². The molecule has 128 valence electrons. The smallest absolute Gasteiger partial charge is 0.333 e. The number of aliphatic hydroxyl groups excluding tert-OH is 2. The number of carbonyl (C=O) groups excluding carboxylic acids is 1. The molecule has 3 N–H and O–H groups in total. The summed E-state index contributed by atoms with van der Waals surface area (Å²) in [6, 6.07) is 0. The minimum absolute atomic E-state index is 0.0473. The van der Waals surface area contributed by atoms with Crippen molar-refractivity contribution in [1.82, 2.24) is 0 Å². The average Bonchev–Trinajstić information content (AvgIpc) is 2.48. The Hall–Kier alpha value is -1.66. The van der Waals surface area contributed by atoms with E-state index in [1.54, 1.807) is 13.0 Å². The Bertz CT molecular complexity index is 373. The molecule has 6 nitrogen and oxygen atoms in total. The van der Waals surface area contributed by atoms with Gasteiger partial charge in [-0.2, -0.15) is 0 Å². The van der Waals surface area contributed by atoms with Gasteiger partial charge in [-0.1, -0.05) is 32.4 Å². The van der Waals surface area contributed by atoms with E-state index in [4.69, 9.17) is 10.2 Å². The highest BCUT2D eigenvalue weighted by molar-refractivity contribution is 5.86. The van der Waals surface area contributed by atoms with E-state index in [0.717, 1.165) is 19.3 Å². The van der Waals surface area contributed by atoms with Gasteiger partial charge >= 0.3 is 11.9 Å². The highest BCUT2D eigenvalue weighted by Crippen LogP contribution is 2.06. The van der Waals surface area contributed by atoms with E-state index in [1.165, 1.54) is 6.92 Å². The molecule has 0 aliphatic rings. The second kappa shape index (κ2) is 14.3. The van der Waals surface area contributed by atoms with Crippen LogP contribution in [0.1, 0.15) is 46.5 Å². The van der Waals surface area contributed by atoms with Crippen molar-refractivity contribution < 1.29 is 29.6 Å². The van der Waals surface area contributed by atoms with Crippen LogP contribution in [-0.4, -0.2) is 46.6 Å². The molecule has 0 heterocycles. The van der Waals surface area contributed by atoms with Gasteiger partial charge in [0.15, 0.2) is 0 Å². The Morgan fingerprint density at radius 2 is 1.91 bits per heavy atom. The standard InChI is InChI=1S/C10H18O3.C6H10O3/c1-3-4-5-9(11)7-6-8(2)10(12)13;1-5(2)6(8)9-4-3-7/h6,9,11H,3-5,7H2,1-2H3,(H,12,13);7H,1,3-4H2,2H3. The van der Waals surface area contributed by atoms with Gasteiger partial charge in [-0.05, 0) is 26.7 Å². The number of aliphatic hydroxyl groups is 2. The number of rotatable bonds is 9. The first-order valence-electron chi connectivity index (χ1n) is 7.27. The quantitative estimate of drug-likeness (QED) is 0.444. The number of hydrogen-bond acceptors (Lipinski definition) is 5. The first-order chi connectivity index (χ1) is 10.3. The van der Waals surface area contributed by atoms with Crippen LogP contribution in [-0.2, 0) is 14.3 Å². The van der Waals surface area contributed by atoms with Crippen LogP contribution in [0, 0.1) is 0 Å².